The summed E-state index contributed by atoms with van der Waals surface area (Å²) >= 11 is 0. The molecule has 0 spiro atoms. The summed E-state index contributed by atoms with van der Waals surface area (Å²) in [5.74, 6) is 0.844. The quantitative estimate of drug-likeness (QED) is 0.230. The van der Waals surface area contributed by atoms with Gasteiger partial charge >= 0.3 is 0 Å². The fourth-order valence-electron chi connectivity index (χ4n) is 6.59. The van der Waals surface area contributed by atoms with Gasteiger partial charge in [0.25, 0.3) is 0 Å². The van der Waals surface area contributed by atoms with E-state index in [0.29, 0.717) is 0 Å². The molecular formula is C34H19N3O. The van der Waals surface area contributed by atoms with Crippen LogP contribution in [0.25, 0.3) is 87.1 Å². The minimum atomic E-state index is 0.844. The van der Waals surface area contributed by atoms with Crippen LogP contribution in [0, 0.1) is 0 Å². The molecule has 10 rings (SSSR count). The predicted molar refractivity (Wildman–Crippen MR) is 157 cm³/mol. The lowest BCUT2D eigenvalue weighted by Gasteiger charge is -2.20. The van der Waals surface area contributed by atoms with E-state index < -0.39 is 0 Å². The molecule has 38 heavy (non-hydrogen) atoms. The van der Waals surface area contributed by atoms with E-state index in [9.17, 15) is 0 Å². The topological polar surface area (TPSA) is 47.9 Å². The van der Waals surface area contributed by atoms with Crippen molar-refractivity contribution in [3.63, 3.8) is 0 Å². The van der Waals surface area contributed by atoms with Gasteiger partial charge in [0.1, 0.15) is 5.75 Å². The first kappa shape index (κ1) is 20.0. The van der Waals surface area contributed by atoms with E-state index in [-0.39, 0.29) is 0 Å². The third-order valence-corrected chi connectivity index (χ3v) is 8.14. The van der Waals surface area contributed by atoms with Crippen LogP contribution in [-0.2, 0) is 0 Å². The van der Waals surface area contributed by atoms with E-state index in [2.05, 4.69) is 72.8 Å². The van der Waals surface area contributed by atoms with Gasteiger partial charge in [-0.2, -0.15) is 0 Å². The molecule has 176 valence electrons. The molecule has 4 heterocycles. The highest BCUT2D eigenvalue weighted by molar-refractivity contribution is 6.43. The Morgan fingerprint density at radius 3 is 2.03 bits per heavy atom. The summed E-state index contributed by atoms with van der Waals surface area (Å²) < 4.78 is 5.63. The van der Waals surface area contributed by atoms with Crippen LogP contribution in [0.4, 0.5) is 0 Å². The Hall–Kier alpha value is -5.09. The smallest absolute Gasteiger partial charge is 0.119 e. The number of benzene rings is 5. The van der Waals surface area contributed by atoms with E-state index in [0.717, 1.165) is 49.7 Å². The van der Waals surface area contributed by atoms with Crippen molar-refractivity contribution in [1.82, 2.24) is 15.0 Å². The summed E-state index contributed by atoms with van der Waals surface area (Å²) in [6.07, 6.45) is 3.75. The number of rotatable bonds is 2. The van der Waals surface area contributed by atoms with Crippen molar-refractivity contribution in [2.45, 2.75) is 0 Å². The minimum absolute atomic E-state index is 0.844. The lowest BCUT2D eigenvalue weighted by molar-refractivity contribution is 0.415. The second-order valence-corrected chi connectivity index (χ2v) is 9.94. The van der Waals surface area contributed by atoms with Crippen LogP contribution in [0.5, 0.6) is 5.75 Å². The number of ether oxygens (including phenoxy) is 1. The number of methoxy groups -OCH3 is 1. The van der Waals surface area contributed by atoms with Gasteiger partial charge < -0.3 is 4.74 Å². The highest BCUT2D eigenvalue weighted by atomic mass is 16.5. The van der Waals surface area contributed by atoms with E-state index in [1.807, 2.05) is 24.5 Å². The van der Waals surface area contributed by atoms with Crippen LogP contribution in [0.2, 0.25) is 0 Å². The van der Waals surface area contributed by atoms with E-state index >= 15 is 0 Å². The first-order valence-corrected chi connectivity index (χ1v) is 12.7. The average molecular weight is 486 g/mol. The Balaban J connectivity index is 1.71. The van der Waals surface area contributed by atoms with E-state index in [1.54, 1.807) is 7.11 Å². The molecule has 6 aromatic carbocycles. The highest BCUT2D eigenvalue weighted by Crippen LogP contribution is 2.49. The molecule has 4 heteroatoms. The maximum Gasteiger partial charge on any atom is 0.119 e. The van der Waals surface area contributed by atoms with Crippen molar-refractivity contribution >= 4 is 75.7 Å². The van der Waals surface area contributed by atoms with Crippen LogP contribution < -0.4 is 4.74 Å². The lowest BCUT2D eigenvalue weighted by atomic mass is 9.84. The van der Waals surface area contributed by atoms with Crippen molar-refractivity contribution in [2.24, 2.45) is 0 Å². The number of nitrogens with zero attached hydrogens (tertiary/aromatic N) is 3. The SMILES string of the molecule is COc1ccc2c(c1)c1ccnc3c4cc5c6ccccc6c6ccc2c(c13)c6c5c(-c1ccccn1)n4. The number of hydrogen-bond acceptors (Lipinski definition) is 4. The zero-order valence-corrected chi connectivity index (χ0v) is 20.5. The molecule has 0 aliphatic carbocycles. The largest absolute Gasteiger partial charge is 0.497 e. The molecule has 4 aromatic heterocycles. The molecular weight excluding hydrogens is 466 g/mol. The molecule has 0 atom stereocenters. The fourth-order valence-corrected chi connectivity index (χ4v) is 6.59. The maximum absolute atomic E-state index is 5.63. The highest BCUT2D eigenvalue weighted by Gasteiger charge is 2.23. The van der Waals surface area contributed by atoms with Gasteiger partial charge in [0.2, 0.25) is 0 Å². The van der Waals surface area contributed by atoms with Crippen molar-refractivity contribution in [3.8, 4) is 17.1 Å². The molecule has 0 fully saturated rings. The van der Waals surface area contributed by atoms with Gasteiger partial charge in [-0.25, -0.2) is 4.98 Å². The van der Waals surface area contributed by atoms with Gasteiger partial charge in [0.05, 0.1) is 29.5 Å². The summed E-state index contributed by atoms with van der Waals surface area (Å²) in [6.45, 7) is 0. The number of hydrogen-bond donors (Lipinski definition) is 0. The first-order valence-electron chi connectivity index (χ1n) is 12.7. The Labute approximate surface area is 216 Å². The van der Waals surface area contributed by atoms with Gasteiger partial charge in [0.15, 0.2) is 0 Å². The molecule has 10 aromatic rings. The number of fused-ring (bicyclic) bond motifs is 6. The van der Waals surface area contributed by atoms with Gasteiger partial charge in [-0.3, -0.25) is 9.97 Å². The van der Waals surface area contributed by atoms with Crippen molar-refractivity contribution in [1.29, 1.82) is 0 Å². The predicted octanol–water partition coefficient (Wildman–Crippen LogP) is 8.50. The molecule has 0 saturated carbocycles. The third-order valence-electron chi connectivity index (χ3n) is 8.14. The Kier molecular flexibility index (Phi) is 3.70. The van der Waals surface area contributed by atoms with Crippen LogP contribution in [0.1, 0.15) is 0 Å². The van der Waals surface area contributed by atoms with Gasteiger partial charge in [-0.15, -0.1) is 0 Å². The van der Waals surface area contributed by atoms with Gasteiger partial charge in [-0.1, -0.05) is 48.5 Å². The summed E-state index contributed by atoms with van der Waals surface area (Å²) in [4.78, 5) is 15.0. The third kappa shape index (κ3) is 2.37. The molecule has 0 amide bonds. The van der Waals surface area contributed by atoms with Crippen LogP contribution in [0.15, 0.2) is 97.3 Å². The summed E-state index contributed by atoms with van der Waals surface area (Å²) in [6, 6.07) is 30.0. The summed E-state index contributed by atoms with van der Waals surface area (Å²) in [5.41, 5.74) is 3.54. The summed E-state index contributed by atoms with van der Waals surface area (Å²) in [5, 5.41) is 14.3. The van der Waals surface area contributed by atoms with Gasteiger partial charge in [0, 0.05) is 33.9 Å². The Morgan fingerprint density at radius 1 is 0.526 bits per heavy atom. The minimum Gasteiger partial charge on any atom is -0.497 e. The number of pyridine rings is 3. The second-order valence-electron chi connectivity index (χ2n) is 9.94. The average Bonchev–Trinajstić information content (AvgIpc) is 2.99. The molecule has 0 aliphatic rings. The van der Waals surface area contributed by atoms with Crippen molar-refractivity contribution < 1.29 is 4.74 Å². The Morgan fingerprint density at radius 2 is 1.24 bits per heavy atom. The lowest BCUT2D eigenvalue weighted by Crippen LogP contribution is -1.98. The molecule has 0 unspecified atom stereocenters. The Bertz CT molecular complexity index is 2380. The standard InChI is InChI=1S/C34H19N3O/c1-38-18-9-10-21-23-12-11-22-19-6-2-3-7-20(19)26-17-28-33-31(24(13-15-36-33)25(21)16-18)29(23)30(22)32(26)34(37-28)27-8-4-5-14-35-27/h2-17H,1H3. The molecule has 4 nitrogen and oxygen atoms in total. The number of aromatic nitrogens is 3. The van der Waals surface area contributed by atoms with E-state index in [4.69, 9.17) is 19.7 Å². The normalized spacial score (nSPS) is 12.3. The molecule has 0 saturated heterocycles. The monoisotopic (exact) mass is 485 g/mol. The molecule has 0 N–H and O–H groups in total. The van der Waals surface area contributed by atoms with Crippen LogP contribution in [0.3, 0.4) is 0 Å². The zero-order valence-electron chi connectivity index (χ0n) is 20.5. The maximum atomic E-state index is 5.63. The van der Waals surface area contributed by atoms with Crippen molar-refractivity contribution in [2.75, 3.05) is 7.11 Å². The van der Waals surface area contributed by atoms with Crippen LogP contribution >= 0.6 is 0 Å². The van der Waals surface area contributed by atoms with Crippen LogP contribution in [-0.4, -0.2) is 22.1 Å². The second kappa shape index (κ2) is 7.02. The van der Waals surface area contributed by atoms with Crippen molar-refractivity contribution in [3.05, 3.63) is 97.3 Å². The molecule has 0 radical (unpaired) electrons. The van der Waals surface area contributed by atoms with E-state index in [1.165, 1.54) is 43.1 Å². The summed E-state index contributed by atoms with van der Waals surface area (Å²) in [7, 11) is 1.72. The molecule has 4 bridgehead atoms. The zero-order chi connectivity index (χ0) is 25.0. The van der Waals surface area contributed by atoms with Gasteiger partial charge in [-0.05, 0) is 79.5 Å². The fraction of sp³-hybridized carbons (Fsp3) is 0.0294. The first-order chi connectivity index (χ1) is 18.8. The molecule has 0 aliphatic heterocycles.